The van der Waals surface area contributed by atoms with Crippen LogP contribution in [0.1, 0.15) is 13.3 Å². The number of hydrogen-bond acceptors (Lipinski definition) is 3. The van der Waals surface area contributed by atoms with Crippen molar-refractivity contribution < 1.29 is 0 Å². The molecule has 0 aliphatic carbocycles. The van der Waals surface area contributed by atoms with Gasteiger partial charge in [-0.05, 0) is 25.5 Å². The lowest BCUT2D eigenvalue weighted by Gasteiger charge is -2.26. The van der Waals surface area contributed by atoms with E-state index in [1.165, 1.54) is 5.57 Å². The van der Waals surface area contributed by atoms with Crippen LogP contribution in [0, 0.1) is 0 Å². The van der Waals surface area contributed by atoms with Gasteiger partial charge < -0.3 is 10.6 Å². The molecule has 0 saturated heterocycles. The summed E-state index contributed by atoms with van der Waals surface area (Å²) in [5.41, 5.74) is 7.77. The molecule has 1 aromatic rings. The number of nitrogens with zero attached hydrogens (tertiary/aromatic N) is 2. The van der Waals surface area contributed by atoms with Crippen molar-refractivity contribution in [3.63, 3.8) is 0 Å². The summed E-state index contributed by atoms with van der Waals surface area (Å²) >= 11 is 0. The molecule has 1 aromatic heterocycles. The molecule has 0 saturated carbocycles. The fourth-order valence-corrected chi connectivity index (χ4v) is 1.56. The van der Waals surface area contributed by atoms with Crippen molar-refractivity contribution in [1.82, 2.24) is 4.98 Å². The molecule has 1 aliphatic rings. The largest absolute Gasteiger partial charge is 0.397 e. The molecule has 1 aliphatic heterocycles. The Morgan fingerprint density at radius 2 is 2.29 bits per heavy atom. The predicted octanol–water partition coefficient (Wildman–Crippen LogP) is 1.82. The zero-order valence-corrected chi connectivity index (χ0v) is 8.40. The Hall–Kier alpha value is -1.51. The molecule has 3 nitrogen and oxygen atoms in total. The van der Waals surface area contributed by atoms with Crippen LogP contribution in [0.15, 0.2) is 30.0 Å². The average molecular weight is 189 g/mol. The van der Waals surface area contributed by atoms with Crippen LogP contribution in [0.5, 0.6) is 0 Å². The lowest BCUT2D eigenvalue weighted by Crippen LogP contribution is -2.28. The first-order chi connectivity index (χ1) is 6.75. The number of nitrogen functional groups attached to an aromatic ring is 1. The normalized spacial score (nSPS) is 16.6. The first-order valence-corrected chi connectivity index (χ1v) is 4.88. The standard InChI is InChI=1S/C11H15N3/c1-9-4-6-14(7-5-9)11-3-2-10(12)8-13-11/h2-4,8H,5-7,12H2,1H3. The van der Waals surface area contributed by atoms with Gasteiger partial charge in [0.25, 0.3) is 0 Å². The van der Waals surface area contributed by atoms with Crippen molar-refractivity contribution in [2.45, 2.75) is 13.3 Å². The van der Waals surface area contributed by atoms with E-state index >= 15 is 0 Å². The van der Waals surface area contributed by atoms with Crippen LogP contribution in [-0.2, 0) is 0 Å². The minimum Gasteiger partial charge on any atom is -0.397 e. The molecule has 0 unspecified atom stereocenters. The summed E-state index contributed by atoms with van der Waals surface area (Å²) in [7, 11) is 0. The Morgan fingerprint density at radius 1 is 1.43 bits per heavy atom. The zero-order valence-electron chi connectivity index (χ0n) is 8.40. The Balaban J connectivity index is 2.13. The number of hydrogen-bond donors (Lipinski definition) is 1. The molecule has 3 heteroatoms. The van der Waals surface area contributed by atoms with Crippen molar-refractivity contribution in [1.29, 1.82) is 0 Å². The number of aromatic nitrogens is 1. The third-order valence-corrected chi connectivity index (χ3v) is 2.53. The van der Waals surface area contributed by atoms with Crippen molar-refractivity contribution >= 4 is 11.5 Å². The van der Waals surface area contributed by atoms with E-state index in [0.717, 1.165) is 31.0 Å². The van der Waals surface area contributed by atoms with E-state index in [4.69, 9.17) is 5.73 Å². The van der Waals surface area contributed by atoms with E-state index in [0.29, 0.717) is 0 Å². The number of pyridine rings is 1. The van der Waals surface area contributed by atoms with Crippen LogP contribution in [0.3, 0.4) is 0 Å². The summed E-state index contributed by atoms with van der Waals surface area (Å²) in [5, 5.41) is 0. The monoisotopic (exact) mass is 189 g/mol. The van der Waals surface area contributed by atoms with Crippen LogP contribution in [0.4, 0.5) is 11.5 Å². The first kappa shape index (κ1) is 9.06. The SMILES string of the molecule is CC1=CCN(c2ccc(N)cn2)CC1. The minimum atomic E-state index is 0.720. The summed E-state index contributed by atoms with van der Waals surface area (Å²) < 4.78 is 0. The highest BCUT2D eigenvalue weighted by Crippen LogP contribution is 2.17. The van der Waals surface area contributed by atoms with Crippen LogP contribution in [-0.4, -0.2) is 18.1 Å². The van der Waals surface area contributed by atoms with Gasteiger partial charge in [0.1, 0.15) is 5.82 Å². The molecular formula is C11H15N3. The van der Waals surface area contributed by atoms with Gasteiger partial charge in [-0.1, -0.05) is 11.6 Å². The van der Waals surface area contributed by atoms with Crippen molar-refractivity contribution in [2.75, 3.05) is 23.7 Å². The van der Waals surface area contributed by atoms with E-state index in [1.807, 2.05) is 12.1 Å². The topological polar surface area (TPSA) is 42.1 Å². The van der Waals surface area contributed by atoms with Gasteiger partial charge in [0, 0.05) is 13.1 Å². The number of anilines is 2. The van der Waals surface area contributed by atoms with E-state index < -0.39 is 0 Å². The minimum absolute atomic E-state index is 0.720. The Bertz CT molecular complexity index is 340. The van der Waals surface area contributed by atoms with Gasteiger partial charge in [0.15, 0.2) is 0 Å². The summed E-state index contributed by atoms with van der Waals surface area (Å²) in [6.07, 6.45) is 5.09. The van der Waals surface area contributed by atoms with Gasteiger partial charge in [0.05, 0.1) is 11.9 Å². The first-order valence-electron chi connectivity index (χ1n) is 4.88. The Morgan fingerprint density at radius 3 is 2.86 bits per heavy atom. The van der Waals surface area contributed by atoms with E-state index in [-0.39, 0.29) is 0 Å². The summed E-state index contributed by atoms with van der Waals surface area (Å²) in [5.74, 6) is 1.02. The van der Waals surface area contributed by atoms with Crippen molar-refractivity contribution in [2.24, 2.45) is 0 Å². The number of nitrogens with two attached hydrogens (primary N) is 1. The van der Waals surface area contributed by atoms with Crippen LogP contribution in [0.2, 0.25) is 0 Å². The van der Waals surface area contributed by atoms with Gasteiger partial charge in [-0.25, -0.2) is 4.98 Å². The van der Waals surface area contributed by atoms with E-state index in [1.54, 1.807) is 6.20 Å². The molecular weight excluding hydrogens is 174 g/mol. The second kappa shape index (κ2) is 3.70. The maximum absolute atomic E-state index is 5.59. The van der Waals surface area contributed by atoms with Crippen LogP contribution >= 0.6 is 0 Å². The van der Waals surface area contributed by atoms with E-state index in [9.17, 15) is 0 Å². The van der Waals surface area contributed by atoms with Crippen molar-refractivity contribution in [3.8, 4) is 0 Å². The van der Waals surface area contributed by atoms with Crippen LogP contribution in [0.25, 0.3) is 0 Å². The van der Waals surface area contributed by atoms with Gasteiger partial charge in [-0.15, -0.1) is 0 Å². The highest BCUT2D eigenvalue weighted by atomic mass is 15.2. The fraction of sp³-hybridized carbons (Fsp3) is 0.364. The van der Waals surface area contributed by atoms with Gasteiger partial charge in [-0.2, -0.15) is 0 Å². The highest BCUT2D eigenvalue weighted by Gasteiger charge is 2.10. The third-order valence-electron chi connectivity index (χ3n) is 2.53. The summed E-state index contributed by atoms with van der Waals surface area (Å²) in [4.78, 5) is 6.56. The Kier molecular flexibility index (Phi) is 2.39. The molecule has 14 heavy (non-hydrogen) atoms. The predicted molar refractivity (Wildman–Crippen MR) is 59.2 cm³/mol. The maximum Gasteiger partial charge on any atom is 0.128 e. The summed E-state index contributed by atoms with van der Waals surface area (Å²) in [6, 6.07) is 3.87. The quantitative estimate of drug-likeness (QED) is 0.685. The molecule has 2 rings (SSSR count). The molecule has 74 valence electrons. The van der Waals surface area contributed by atoms with E-state index in [2.05, 4.69) is 22.9 Å². The molecule has 0 spiro atoms. The molecule has 0 atom stereocenters. The molecule has 0 bridgehead atoms. The lowest BCUT2D eigenvalue weighted by atomic mass is 10.1. The zero-order chi connectivity index (χ0) is 9.97. The van der Waals surface area contributed by atoms with Gasteiger partial charge >= 0.3 is 0 Å². The van der Waals surface area contributed by atoms with Crippen LogP contribution < -0.4 is 10.6 Å². The molecule has 0 fully saturated rings. The second-order valence-electron chi connectivity index (χ2n) is 3.70. The molecule has 0 amide bonds. The van der Waals surface area contributed by atoms with Gasteiger partial charge in [-0.3, -0.25) is 0 Å². The average Bonchev–Trinajstić information content (AvgIpc) is 2.21. The molecule has 2 N–H and O–H groups in total. The molecule has 0 radical (unpaired) electrons. The lowest BCUT2D eigenvalue weighted by molar-refractivity contribution is 0.776. The summed E-state index contributed by atoms with van der Waals surface area (Å²) in [6.45, 7) is 4.19. The third kappa shape index (κ3) is 1.87. The van der Waals surface area contributed by atoms with Gasteiger partial charge in [0.2, 0.25) is 0 Å². The molecule has 2 heterocycles. The highest BCUT2D eigenvalue weighted by molar-refractivity contribution is 5.46. The number of rotatable bonds is 1. The second-order valence-corrected chi connectivity index (χ2v) is 3.70. The maximum atomic E-state index is 5.59. The smallest absolute Gasteiger partial charge is 0.128 e. The van der Waals surface area contributed by atoms with Crippen molar-refractivity contribution in [3.05, 3.63) is 30.0 Å². The molecule has 0 aromatic carbocycles. The fourth-order valence-electron chi connectivity index (χ4n) is 1.56. The Labute approximate surface area is 84.2 Å².